The predicted octanol–water partition coefficient (Wildman–Crippen LogP) is 3.11. The van der Waals surface area contributed by atoms with Gasteiger partial charge in [0.2, 0.25) is 0 Å². The lowest BCUT2D eigenvalue weighted by Crippen LogP contribution is -2.51. The van der Waals surface area contributed by atoms with E-state index in [1.807, 2.05) is 6.92 Å². The smallest absolute Gasteiger partial charge is 0.296 e. The molecule has 2 N–H and O–H groups in total. The zero-order valence-electron chi connectivity index (χ0n) is 17.9. The van der Waals surface area contributed by atoms with E-state index in [-0.39, 0.29) is 30.7 Å². The number of methoxy groups -OCH3 is 1. The van der Waals surface area contributed by atoms with E-state index in [1.54, 1.807) is 35.4 Å². The van der Waals surface area contributed by atoms with Crippen molar-refractivity contribution in [3.63, 3.8) is 0 Å². The van der Waals surface area contributed by atoms with Gasteiger partial charge in [-0.3, -0.25) is 9.78 Å². The van der Waals surface area contributed by atoms with Crippen molar-refractivity contribution >= 4 is 34.6 Å². The number of morpholine rings is 1. The Morgan fingerprint density at radius 2 is 2.25 bits per heavy atom. The molecule has 0 saturated carbocycles. The summed E-state index contributed by atoms with van der Waals surface area (Å²) in [7, 11) is 1.51. The van der Waals surface area contributed by atoms with Gasteiger partial charge >= 0.3 is 0 Å². The first-order valence-electron chi connectivity index (χ1n) is 10.3. The fraction of sp³-hybridized carbons (Fsp3) is 0.409. The number of anilines is 1. The summed E-state index contributed by atoms with van der Waals surface area (Å²) < 4.78 is 16.9. The molecule has 1 fully saturated rings. The molecule has 32 heavy (non-hydrogen) atoms. The maximum Gasteiger partial charge on any atom is 0.296 e. The van der Waals surface area contributed by atoms with Crippen LogP contribution in [0.25, 0.3) is 11.1 Å². The Labute approximate surface area is 190 Å². The molecule has 10 heteroatoms. The van der Waals surface area contributed by atoms with Crippen LogP contribution in [-0.2, 0) is 11.3 Å². The number of fused-ring (bicyclic) bond motifs is 1. The highest BCUT2D eigenvalue weighted by Crippen LogP contribution is 2.31. The molecular formula is C22H25ClN4O5. The lowest BCUT2D eigenvalue weighted by Gasteiger charge is -2.38. The van der Waals surface area contributed by atoms with Crippen molar-refractivity contribution in [2.75, 3.05) is 32.2 Å². The Bertz CT molecular complexity index is 1110. The van der Waals surface area contributed by atoms with Crippen LogP contribution >= 0.6 is 11.6 Å². The van der Waals surface area contributed by atoms with E-state index in [2.05, 4.69) is 15.3 Å². The highest BCUT2D eigenvalue weighted by atomic mass is 35.5. The number of hydrogen-bond acceptors (Lipinski definition) is 8. The second-order valence-electron chi connectivity index (χ2n) is 7.63. The van der Waals surface area contributed by atoms with Crippen LogP contribution in [0.4, 0.5) is 6.01 Å². The Hall–Kier alpha value is -2.88. The number of aliphatic hydroxyl groups excluding tert-OH is 1. The normalized spacial score (nSPS) is 18.7. The van der Waals surface area contributed by atoms with Crippen molar-refractivity contribution in [2.24, 2.45) is 0 Å². The third-order valence-corrected chi connectivity index (χ3v) is 5.55. The SMILES string of the molecule is COc1cc(C(=O)N2CC(C)OCC2CCO)cc2nc(NCc3cc(Cl)ccn3)oc12. The van der Waals surface area contributed by atoms with Crippen molar-refractivity contribution in [1.29, 1.82) is 0 Å². The van der Waals surface area contributed by atoms with E-state index in [0.717, 1.165) is 5.69 Å². The largest absolute Gasteiger partial charge is 0.493 e. The molecule has 3 aromatic rings. The summed E-state index contributed by atoms with van der Waals surface area (Å²) in [5.74, 6) is 0.242. The number of amides is 1. The Morgan fingerprint density at radius 3 is 3.00 bits per heavy atom. The van der Waals surface area contributed by atoms with Gasteiger partial charge in [-0.15, -0.1) is 0 Å². The number of pyridine rings is 1. The van der Waals surface area contributed by atoms with Crippen molar-refractivity contribution in [2.45, 2.75) is 32.0 Å². The van der Waals surface area contributed by atoms with Crippen LogP contribution in [0.3, 0.4) is 0 Å². The van der Waals surface area contributed by atoms with E-state index >= 15 is 0 Å². The highest BCUT2D eigenvalue weighted by Gasteiger charge is 2.31. The molecule has 1 saturated heterocycles. The van der Waals surface area contributed by atoms with Crippen LogP contribution in [-0.4, -0.2) is 64.9 Å². The van der Waals surface area contributed by atoms with Crippen LogP contribution in [0.5, 0.6) is 5.75 Å². The van der Waals surface area contributed by atoms with Crippen LogP contribution < -0.4 is 10.1 Å². The van der Waals surface area contributed by atoms with E-state index in [1.165, 1.54) is 7.11 Å². The monoisotopic (exact) mass is 460 g/mol. The van der Waals surface area contributed by atoms with E-state index < -0.39 is 0 Å². The lowest BCUT2D eigenvalue weighted by atomic mass is 10.1. The number of ether oxygens (including phenoxy) is 2. The van der Waals surface area contributed by atoms with Gasteiger partial charge in [-0.2, -0.15) is 4.98 Å². The number of aromatic nitrogens is 2. The molecule has 4 rings (SSSR count). The maximum atomic E-state index is 13.3. The second-order valence-corrected chi connectivity index (χ2v) is 8.07. The molecule has 3 heterocycles. The van der Waals surface area contributed by atoms with E-state index in [0.29, 0.717) is 53.6 Å². The number of oxazole rings is 1. The Balaban J connectivity index is 1.59. The first kappa shape index (κ1) is 22.3. The number of halogens is 1. The van der Waals surface area contributed by atoms with Crippen LogP contribution in [0, 0.1) is 0 Å². The standard InChI is InChI=1S/C22H25ClN4O5/c1-13-11-27(17(4-6-28)12-31-13)21(29)14-7-18-20(19(8-14)30-2)32-22(26-18)25-10-16-9-15(23)3-5-24-16/h3,5,7-9,13,17,28H,4,6,10-12H2,1-2H3,(H,25,26). The number of aliphatic hydroxyl groups is 1. The minimum Gasteiger partial charge on any atom is -0.493 e. The summed E-state index contributed by atoms with van der Waals surface area (Å²) in [4.78, 5) is 23.8. The van der Waals surface area contributed by atoms with Crippen molar-refractivity contribution < 1.29 is 23.8 Å². The van der Waals surface area contributed by atoms with Gasteiger partial charge in [0, 0.05) is 29.9 Å². The summed E-state index contributed by atoms with van der Waals surface area (Å²) in [5, 5.41) is 13.0. The molecule has 1 amide bonds. The molecule has 0 radical (unpaired) electrons. The van der Waals surface area contributed by atoms with Gasteiger partial charge < -0.3 is 29.2 Å². The Morgan fingerprint density at radius 1 is 1.41 bits per heavy atom. The Kier molecular flexibility index (Phi) is 6.78. The number of carbonyl (C=O) groups excluding carboxylic acids is 1. The first-order chi connectivity index (χ1) is 15.5. The lowest BCUT2D eigenvalue weighted by molar-refractivity contribution is -0.0486. The zero-order chi connectivity index (χ0) is 22.7. The topological polar surface area (TPSA) is 110 Å². The molecule has 2 unspecified atom stereocenters. The molecule has 1 aromatic carbocycles. The fourth-order valence-corrected chi connectivity index (χ4v) is 3.89. The summed E-state index contributed by atoms with van der Waals surface area (Å²) in [6, 6.07) is 6.87. The van der Waals surface area contributed by atoms with Crippen LogP contribution in [0.15, 0.2) is 34.9 Å². The van der Waals surface area contributed by atoms with Gasteiger partial charge in [-0.05, 0) is 37.6 Å². The number of rotatable bonds is 7. The van der Waals surface area contributed by atoms with Crippen molar-refractivity contribution in [3.8, 4) is 5.75 Å². The first-order valence-corrected chi connectivity index (χ1v) is 10.7. The molecule has 9 nitrogen and oxygen atoms in total. The molecular weight excluding hydrogens is 436 g/mol. The van der Waals surface area contributed by atoms with Gasteiger partial charge in [0.25, 0.3) is 11.9 Å². The third kappa shape index (κ3) is 4.79. The highest BCUT2D eigenvalue weighted by molar-refractivity contribution is 6.30. The van der Waals surface area contributed by atoms with Crippen molar-refractivity contribution in [3.05, 3.63) is 46.7 Å². The van der Waals surface area contributed by atoms with Gasteiger partial charge in [-0.1, -0.05) is 11.6 Å². The average Bonchev–Trinajstić information content (AvgIpc) is 3.21. The maximum absolute atomic E-state index is 13.3. The molecule has 0 spiro atoms. The third-order valence-electron chi connectivity index (χ3n) is 5.31. The van der Waals surface area contributed by atoms with Gasteiger partial charge in [0.1, 0.15) is 5.52 Å². The number of hydrogen-bond donors (Lipinski definition) is 2. The number of nitrogens with one attached hydrogen (secondary N) is 1. The summed E-state index contributed by atoms with van der Waals surface area (Å²) in [6.07, 6.45) is 2.00. The van der Waals surface area contributed by atoms with E-state index in [4.69, 9.17) is 25.5 Å². The molecule has 0 bridgehead atoms. The predicted molar refractivity (Wildman–Crippen MR) is 119 cm³/mol. The summed E-state index contributed by atoms with van der Waals surface area (Å²) in [6.45, 7) is 3.11. The van der Waals surface area contributed by atoms with Crippen LogP contribution in [0.1, 0.15) is 29.4 Å². The molecule has 2 aromatic heterocycles. The summed E-state index contributed by atoms with van der Waals surface area (Å²) in [5.41, 5.74) is 2.10. The molecule has 0 aliphatic carbocycles. The zero-order valence-corrected chi connectivity index (χ0v) is 18.6. The van der Waals surface area contributed by atoms with Crippen molar-refractivity contribution in [1.82, 2.24) is 14.9 Å². The van der Waals surface area contributed by atoms with Gasteiger partial charge in [0.15, 0.2) is 11.3 Å². The molecule has 1 aliphatic rings. The molecule has 2 atom stereocenters. The minimum absolute atomic E-state index is 0.0195. The quantitative estimate of drug-likeness (QED) is 0.553. The minimum atomic E-state index is -0.190. The summed E-state index contributed by atoms with van der Waals surface area (Å²) >= 11 is 6.00. The van der Waals surface area contributed by atoms with Gasteiger partial charge in [-0.25, -0.2) is 0 Å². The average molecular weight is 461 g/mol. The van der Waals surface area contributed by atoms with Crippen LogP contribution in [0.2, 0.25) is 5.02 Å². The fourth-order valence-electron chi connectivity index (χ4n) is 3.71. The molecule has 1 aliphatic heterocycles. The molecule has 170 valence electrons. The number of nitrogens with zero attached hydrogens (tertiary/aromatic N) is 3. The second kappa shape index (κ2) is 9.72. The van der Waals surface area contributed by atoms with Gasteiger partial charge in [0.05, 0.1) is 38.1 Å². The number of carbonyl (C=O) groups is 1. The number of benzene rings is 1. The van der Waals surface area contributed by atoms with E-state index in [9.17, 15) is 9.90 Å².